The molecule has 4 aromatic rings. The van der Waals surface area contributed by atoms with Crippen LogP contribution in [0.5, 0.6) is 11.5 Å². The number of halogens is 4. The summed E-state index contributed by atoms with van der Waals surface area (Å²) in [6.45, 7) is 1.42. The van der Waals surface area contributed by atoms with Crippen LogP contribution in [0.25, 0.3) is 6.08 Å². The molecule has 0 heterocycles. The highest BCUT2D eigenvalue weighted by atomic mass is 32.2. The quantitative estimate of drug-likeness (QED) is 0.0713. The Morgan fingerprint density at radius 1 is 0.783 bits per heavy atom. The summed E-state index contributed by atoms with van der Waals surface area (Å²) in [7, 11) is 2.94. The van der Waals surface area contributed by atoms with E-state index in [1.165, 1.54) is 33.3 Å². The molecule has 0 spiro atoms. The predicted molar refractivity (Wildman–Crippen MR) is 167 cm³/mol. The first-order valence-corrected chi connectivity index (χ1v) is 14.4. The maximum Gasteiger partial charge on any atom is 0.272 e. The van der Waals surface area contributed by atoms with Crippen LogP contribution in [0, 0.1) is 23.3 Å². The third kappa shape index (κ3) is 8.24. The van der Waals surface area contributed by atoms with Gasteiger partial charge in [0, 0.05) is 22.2 Å². The second kappa shape index (κ2) is 15.1. The Morgan fingerprint density at radius 2 is 1.46 bits per heavy atom. The first-order chi connectivity index (χ1) is 22.0. The molecule has 0 fully saturated rings. The molecule has 0 bridgehead atoms. The van der Waals surface area contributed by atoms with E-state index in [4.69, 9.17) is 9.47 Å². The third-order valence-electron chi connectivity index (χ3n) is 6.38. The Bertz CT molecular complexity index is 1780. The van der Waals surface area contributed by atoms with E-state index in [-0.39, 0.29) is 11.8 Å². The summed E-state index contributed by atoms with van der Waals surface area (Å²) < 4.78 is 65.8. The number of hydrogen-bond donors (Lipinski definition) is 3. The first-order valence-electron chi connectivity index (χ1n) is 13.5. The van der Waals surface area contributed by atoms with Gasteiger partial charge in [-0.15, -0.1) is 11.8 Å². The van der Waals surface area contributed by atoms with Crippen LogP contribution in [-0.2, 0) is 9.59 Å². The van der Waals surface area contributed by atoms with Gasteiger partial charge < -0.3 is 25.4 Å². The van der Waals surface area contributed by atoms with Gasteiger partial charge in [-0.05, 0) is 61.0 Å². The molecule has 3 N–H and O–H groups in total. The molecule has 0 saturated heterocycles. The molecule has 46 heavy (non-hydrogen) atoms. The summed E-state index contributed by atoms with van der Waals surface area (Å²) in [6, 6.07) is 19.6. The molecule has 0 aliphatic heterocycles. The Balaban J connectivity index is 1.53. The second-order valence-corrected chi connectivity index (χ2v) is 11.0. The molecule has 3 amide bonds. The van der Waals surface area contributed by atoms with Crippen LogP contribution in [-0.4, -0.2) is 37.2 Å². The van der Waals surface area contributed by atoms with Crippen molar-refractivity contribution in [3.63, 3.8) is 0 Å². The van der Waals surface area contributed by atoms with Gasteiger partial charge >= 0.3 is 0 Å². The smallest absolute Gasteiger partial charge is 0.272 e. The average Bonchev–Trinajstić information content (AvgIpc) is 3.05. The fourth-order valence-electron chi connectivity index (χ4n) is 4.06. The highest BCUT2D eigenvalue weighted by Crippen LogP contribution is 2.30. The molecule has 0 aliphatic rings. The lowest BCUT2D eigenvalue weighted by Crippen LogP contribution is -2.30. The van der Waals surface area contributed by atoms with Gasteiger partial charge in [-0.1, -0.05) is 30.3 Å². The number of hydrogen-bond acceptors (Lipinski definition) is 6. The van der Waals surface area contributed by atoms with E-state index in [0.717, 1.165) is 11.8 Å². The lowest BCUT2D eigenvalue weighted by Gasteiger charge is -2.15. The van der Waals surface area contributed by atoms with Crippen molar-refractivity contribution in [2.45, 2.75) is 17.1 Å². The number of thioether (sulfide) groups is 1. The molecule has 4 aromatic carbocycles. The highest BCUT2D eigenvalue weighted by Gasteiger charge is 2.24. The van der Waals surface area contributed by atoms with Gasteiger partial charge in [0.05, 0.1) is 19.5 Å². The fraction of sp³-hybridized carbons (Fsp3) is 0.121. The summed E-state index contributed by atoms with van der Waals surface area (Å²) in [6.07, 6.45) is 1.46. The molecule has 1 atom stereocenters. The topological polar surface area (TPSA) is 106 Å². The van der Waals surface area contributed by atoms with Crippen molar-refractivity contribution in [1.29, 1.82) is 0 Å². The number of methoxy groups -OCH3 is 2. The molecule has 13 heteroatoms. The molecule has 0 aliphatic carbocycles. The zero-order chi connectivity index (χ0) is 33.4. The van der Waals surface area contributed by atoms with Crippen LogP contribution in [0.3, 0.4) is 0 Å². The number of carbonyl (C=O) groups is 3. The Labute approximate surface area is 265 Å². The monoisotopic (exact) mass is 653 g/mol. The second-order valence-electron chi connectivity index (χ2n) is 9.57. The van der Waals surface area contributed by atoms with Crippen molar-refractivity contribution in [1.82, 2.24) is 5.32 Å². The van der Waals surface area contributed by atoms with Crippen LogP contribution < -0.4 is 25.4 Å². The number of benzene rings is 4. The number of carbonyl (C=O) groups excluding carboxylic acids is 3. The van der Waals surface area contributed by atoms with Crippen LogP contribution in [0.4, 0.5) is 28.9 Å². The van der Waals surface area contributed by atoms with Crippen molar-refractivity contribution in [2.75, 3.05) is 24.9 Å². The summed E-state index contributed by atoms with van der Waals surface area (Å²) in [4.78, 5) is 39.5. The zero-order valence-electron chi connectivity index (χ0n) is 24.6. The summed E-state index contributed by atoms with van der Waals surface area (Å²) in [5.74, 6) is -8.03. The Kier molecular flexibility index (Phi) is 11.0. The Morgan fingerprint density at radius 3 is 2.11 bits per heavy atom. The molecule has 8 nitrogen and oxygen atoms in total. The minimum absolute atomic E-state index is 0.0415. The van der Waals surface area contributed by atoms with Gasteiger partial charge in [0.2, 0.25) is 5.91 Å². The van der Waals surface area contributed by atoms with E-state index < -0.39 is 51.9 Å². The fourth-order valence-corrected chi connectivity index (χ4v) is 4.99. The lowest BCUT2D eigenvalue weighted by atomic mass is 10.1. The molecule has 0 saturated carbocycles. The third-order valence-corrected chi connectivity index (χ3v) is 7.48. The van der Waals surface area contributed by atoms with Crippen LogP contribution in [0.15, 0.2) is 89.5 Å². The molecule has 238 valence electrons. The van der Waals surface area contributed by atoms with Gasteiger partial charge in [-0.25, -0.2) is 17.6 Å². The first kappa shape index (κ1) is 33.6. The minimum Gasteiger partial charge on any atom is -0.493 e. The SMILES string of the molecule is COc1ccc(/C=C(/NC(=O)c2ccccc2)C(=O)Nc2cccc(SC(C)C(=O)Nc3c(F)c(F)cc(F)c3F)c2)cc1OC. The van der Waals surface area contributed by atoms with E-state index >= 15 is 0 Å². The lowest BCUT2D eigenvalue weighted by molar-refractivity contribution is -0.115. The summed E-state index contributed by atoms with van der Waals surface area (Å²) in [5, 5.41) is 6.24. The maximum absolute atomic E-state index is 14.0. The van der Waals surface area contributed by atoms with Gasteiger partial charge in [-0.3, -0.25) is 14.4 Å². The van der Waals surface area contributed by atoms with Gasteiger partial charge in [0.25, 0.3) is 11.8 Å². The van der Waals surface area contributed by atoms with E-state index in [0.29, 0.717) is 33.2 Å². The standard InChI is InChI=1S/C33H27F4N3O5S/c1-18(31(41)40-30-28(36)23(34)17-24(35)29(30)37)46-22-11-7-10-21(16-22)38-33(43)25(39-32(42)20-8-5-4-6-9-20)14-19-12-13-26(44-2)27(15-19)45-3/h4-18H,1-3H3,(H,38,43)(H,39,42)(H,40,41)/b25-14+. The van der Waals surface area contributed by atoms with E-state index in [9.17, 15) is 31.9 Å². The van der Waals surface area contributed by atoms with Gasteiger partial charge in [-0.2, -0.15) is 0 Å². The minimum atomic E-state index is -1.73. The molecular weight excluding hydrogens is 626 g/mol. The van der Waals surface area contributed by atoms with E-state index in [1.807, 2.05) is 5.32 Å². The van der Waals surface area contributed by atoms with E-state index in [1.54, 1.807) is 66.7 Å². The largest absolute Gasteiger partial charge is 0.493 e. The van der Waals surface area contributed by atoms with Crippen LogP contribution >= 0.6 is 11.8 Å². The highest BCUT2D eigenvalue weighted by molar-refractivity contribution is 8.00. The molecule has 1 unspecified atom stereocenters. The van der Waals surface area contributed by atoms with Crippen molar-refractivity contribution >= 4 is 46.9 Å². The number of amides is 3. The number of ether oxygens (including phenoxy) is 2. The van der Waals surface area contributed by atoms with Gasteiger partial charge in [0.15, 0.2) is 34.8 Å². The number of nitrogens with one attached hydrogen (secondary N) is 3. The van der Waals surface area contributed by atoms with Crippen molar-refractivity contribution in [3.05, 3.63) is 119 Å². The van der Waals surface area contributed by atoms with Crippen molar-refractivity contribution in [3.8, 4) is 11.5 Å². The maximum atomic E-state index is 14.0. The molecule has 4 rings (SSSR count). The van der Waals surface area contributed by atoms with E-state index in [2.05, 4.69) is 10.6 Å². The van der Waals surface area contributed by atoms with Crippen LogP contribution in [0.2, 0.25) is 0 Å². The zero-order valence-corrected chi connectivity index (χ0v) is 25.4. The summed E-state index contributed by atoms with van der Waals surface area (Å²) in [5.41, 5.74) is -0.203. The molecular formula is C33H27F4N3O5S. The number of rotatable bonds is 11. The van der Waals surface area contributed by atoms with Crippen molar-refractivity contribution < 1.29 is 41.4 Å². The normalized spacial score (nSPS) is 11.8. The van der Waals surface area contributed by atoms with Gasteiger partial charge in [0.1, 0.15) is 11.4 Å². The summed E-state index contributed by atoms with van der Waals surface area (Å²) >= 11 is 0.953. The van der Waals surface area contributed by atoms with Crippen LogP contribution in [0.1, 0.15) is 22.8 Å². The molecule has 0 aromatic heterocycles. The Hall–Kier alpha value is -5.30. The average molecular weight is 654 g/mol. The predicted octanol–water partition coefficient (Wildman–Crippen LogP) is 6.79. The number of anilines is 2. The van der Waals surface area contributed by atoms with Crippen molar-refractivity contribution in [2.24, 2.45) is 0 Å². The molecule has 0 radical (unpaired) electrons.